The number of carbonyl (C=O) groups is 2. The van der Waals surface area contributed by atoms with Crippen molar-refractivity contribution in [2.45, 2.75) is 70.5 Å². The number of aliphatic hydroxyl groups excluding tert-OH is 1. The first-order valence-electron chi connectivity index (χ1n) is 10.9. The average Bonchev–Trinajstić information content (AvgIpc) is 3.22. The topological polar surface area (TPSA) is 86.0 Å². The predicted octanol–water partition coefficient (Wildman–Crippen LogP) is 3.35. The van der Waals surface area contributed by atoms with E-state index in [4.69, 9.17) is 13.9 Å². The van der Waals surface area contributed by atoms with Crippen LogP contribution >= 0.6 is 0 Å². The van der Waals surface area contributed by atoms with Gasteiger partial charge in [0, 0.05) is 30.9 Å². The second kappa shape index (κ2) is 6.54. The van der Waals surface area contributed by atoms with Crippen LogP contribution in [0.3, 0.4) is 0 Å². The first-order valence-corrected chi connectivity index (χ1v) is 10.9. The highest BCUT2D eigenvalue weighted by Crippen LogP contribution is 2.63. The van der Waals surface area contributed by atoms with Gasteiger partial charge < -0.3 is 23.8 Å². The molecule has 0 saturated heterocycles. The monoisotopic (exact) mass is 414 g/mol. The van der Waals surface area contributed by atoms with E-state index in [1.165, 1.54) is 17.4 Å². The van der Waals surface area contributed by atoms with E-state index in [2.05, 4.69) is 13.8 Å². The molecule has 1 N–H and O–H groups in total. The number of ether oxygens (including phenoxy) is 2. The molecule has 0 unspecified atom stereocenters. The molecule has 6 atom stereocenters. The van der Waals surface area contributed by atoms with E-state index in [-0.39, 0.29) is 41.7 Å². The Balaban J connectivity index is 1.76. The molecule has 1 aromatic heterocycles. The highest BCUT2D eigenvalue weighted by Gasteiger charge is 2.61. The lowest BCUT2D eigenvalue weighted by molar-refractivity contribution is -0.118. The lowest BCUT2D eigenvalue weighted by atomic mass is 9.51. The molecule has 30 heavy (non-hydrogen) atoms. The fraction of sp³-hybridized carbons (Fsp3) is 0.667. The minimum absolute atomic E-state index is 0.00329. The zero-order valence-electron chi connectivity index (χ0n) is 18.1. The zero-order chi connectivity index (χ0) is 21.4. The fourth-order valence-corrected chi connectivity index (χ4v) is 7.20. The van der Waals surface area contributed by atoms with Gasteiger partial charge >= 0.3 is 5.97 Å². The normalized spacial score (nSPS) is 39.3. The molecule has 0 amide bonds. The largest absolute Gasteiger partial charge is 0.468 e. The molecule has 4 aliphatic rings. The van der Waals surface area contributed by atoms with Crippen LogP contribution in [-0.2, 0) is 26.1 Å². The maximum absolute atomic E-state index is 12.7. The Morgan fingerprint density at radius 1 is 1.33 bits per heavy atom. The van der Waals surface area contributed by atoms with Crippen molar-refractivity contribution >= 4 is 11.8 Å². The summed E-state index contributed by atoms with van der Waals surface area (Å²) in [5, 5.41) is 10.9. The molecule has 0 aromatic carbocycles. The van der Waals surface area contributed by atoms with Crippen molar-refractivity contribution in [1.29, 1.82) is 0 Å². The molecule has 162 valence electrons. The summed E-state index contributed by atoms with van der Waals surface area (Å²) in [6.45, 7) is 6.20. The number of aliphatic hydroxyl groups is 1. The van der Waals surface area contributed by atoms with Crippen LogP contribution in [0.1, 0.15) is 68.1 Å². The molecule has 1 aromatic rings. The Bertz CT molecular complexity index is 957. The highest BCUT2D eigenvalue weighted by molar-refractivity contribution is 5.94. The number of ketones is 1. The van der Waals surface area contributed by atoms with Crippen molar-refractivity contribution in [3.63, 3.8) is 0 Å². The standard InChI is InChI=1S/C24H30O6/c1-12(25)7-13-9-23(2)16(5-6-18(23)26)14-8-17-21-15(10-29-17)22(27)30-19(11-28-4)24(21,3)20(13)14/h10,13,16,18-19,26H,5-9,11H2,1-4H3/t13-,16+,18+,19-,23+,24-/m1/s1. The van der Waals surface area contributed by atoms with Gasteiger partial charge in [-0.15, -0.1) is 0 Å². The third kappa shape index (κ3) is 2.43. The molecular weight excluding hydrogens is 384 g/mol. The number of hydrogen-bond acceptors (Lipinski definition) is 6. The smallest absolute Gasteiger partial charge is 0.342 e. The summed E-state index contributed by atoms with van der Waals surface area (Å²) < 4.78 is 17.3. The summed E-state index contributed by atoms with van der Waals surface area (Å²) >= 11 is 0. The Morgan fingerprint density at radius 3 is 2.80 bits per heavy atom. The number of Topliss-reactive ketones (excluding diaryl/α,β-unsaturated/α-hetero) is 1. The Labute approximate surface area is 176 Å². The van der Waals surface area contributed by atoms with Crippen LogP contribution in [0.5, 0.6) is 0 Å². The van der Waals surface area contributed by atoms with Gasteiger partial charge in [0.1, 0.15) is 29.5 Å². The molecule has 1 saturated carbocycles. The number of methoxy groups -OCH3 is 1. The van der Waals surface area contributed by atoms with Crippen LogP contribution < -0.4 is 0 Å². The van der Waals surface area contributed by atoms with Gasteiger partial charge in [0.2, 0.25) is 0 Å². The minimum atomic E-state index is -0.593. The maximum atomic E-state index is 12.7. The third-order valence-corrected chi connectivity index (χ3v) is 8.41. The van der Waals surface area contributed by atoms with Crippen LogP contribution in [0.25, 0.3) is 0 Å². The summed E-state index contributed by atoms with van der Waals surface area (Å²) in [6, 6.07) is 0. The van der Waals surface area contributed by atoms with Crippen molar-refractivity contribution in [1.82, 2.24) is 0 Å². The van der Waals surface area contributed by atoms with E-state index < -0.39 is 11.5 Å². The van der Waals surface area contributed by atoms with Gasteiger partial charge in [-0.3, -0.25) is 0 Å². The van der Waals surface area contributed by atoms with Crippen molar-refractivity contribution < 1.29 is 28.6 Å². The second-order valence-electron chi connectivity index (χ2n) is 10.1. The third-order valence-electron chi connectivity index (χ3n) is 8.41. The SMILES string of the molecule is COC[C@H]1OC(=O)c2coc3c2[C@@]1(C)C1=C(C3)[C@@H]2CC[C@H](O)[C@@]2(C)C[C@H]1CC(C)=O. The Hall–Kier alpha value is -1.92. The number of furan rings is 1. The maximum Gasteiger partial charge on any atom is 0.342 e. The van der Waals surface area contributed by atoms with Crippen LogP contribution in [0, 0.1) is 17.3 Å². The van der Waals surface area contributed by atoms with Gasteiger partial charge in [0.05, 0.1) is 18.1 Å². The highest BCUT2D eigenvalue weighted by atomic mass is 16.6. The summed E-state index contributed by atoms with van der Waals surface area (Å²) in [5.41, 5.74) is 3.07. The van der Waals surface area contributed by atoms with Gasteiger partial charge in [-0.1, -0.05) is 18.1 Å². The first-order chi connectivity index (χ1) is 14.2. The van der Waals surface area contributed by atoms with Gasteiger partial charge in [-0.2, -0.15) is 0 Å². The number of carbonyl (C=O) groups excluding carboxylic acids is 2. The second-order valence-corrected chi connectivity index (χ2v) is 10.1. The summed E-state index contributed by atoms with van der Waals surface area (Å²) in [6.07, 6.45) is 4.21. The summed E-state index contributed by atoms with van der Waals surface area (Å²) in [5.74, 6) is 0.827. The van der Waals surface area contributed by atoms with Crippen LogP contribution in [0.2, 0.25) is 0 Å². The van der Waals surface area contributed by atoms with Crippen LogP contribution in [0.15, 0.2) is 21.8 Å². The quantitative estimate of drug-likeness (QED) is 0.601. The number of esters is 1. The number of rotatable bonds is 4. The van der Waals surface area contributed by atoms with E-state index in [1.807, 2.05) is 0 Å². The molecule has 0 bridgehead atoms. The van der Waals surface area contributed by atoms with Crippen molar-refractivity contribution in [2.24, 2.45) is 17.3 Å². The summed E-state index contributed by atoms with van der Waals surface area (Å²) in [4.78, 5) is 25.0. The molecule has 0 radical (unpaired) electrons. The number of hydrogen-bond donors (Lipinski definition) is 1. The zero-order valence-corrected chi connectivity index (χ0v) is 18.1. The molecule has 2 heterocycles. The molecule has 0 spiro atoms. The predicted molar refractivity (Wildman–Crippen MR) is 108 cm³/mol. The minimum Gasteiger partial charge on any atom is -0.468 e. The molecule has 5 rings (SSSR count). The van der Waals surface area contributed by atoms with Crippen LogP contribution in [0.4, 0.5) is 0 Å². The molecule has 3 aliphatic carbocycles. The van der Waals surface area contributed by atoms with Crippen molar-refractivity contribution in [3.05, 3.63) is 34.3 Å². The first kappa shape index (κ1) is 20.0. The van der Waals surface area contributed by atoms with Crippen LogP contribution in [-0.4, -0.2) is 42.8 Å². The fourth-order valence-electron chi connectivity index (χ4n) is 7.20. The van der Waals surface area contributed by atoms with E-state index in [1.54, 1.807) is 14.0 Å². The van der Waals surface area contributed by atoms with Gasteiger partial charge in [-0.05, 0) is 44.9 Å². The number of cyclic esters (lactones) is 1. The number of fused-ring (bicyclic) bond motifs is 3. The van der Waals surface area contributed by atoms with E-state index in [9.17, 15) is 14.7 Å². The van der Waals surface area contributed by atoms with E-state index >= 15 is 0 Å². The average molecular weight is 414 g/mol. The number of allylic oxidation sites excluding steroid dienone is 1. The summed E-state index contributed by atoms with van der Waals surface area (Å²) in [7, 11) is 1.61. The lowest BCUT2D eigenvalue weighted by Crippen LogP contribution is -2.55. The molecule has 1 fully saturated rings. The Kier molecular flexibility index (Phi) is 4.36. The molecule has 6 nitrogen and oxygen atoms in total. The van der Waals surface area contributed by atoms with Gasteiger partial charge in [0.15, 0.2) is 0 Å². The van der Waals surface area contributed by atoms with Gasteiger partial charge in [-0.25, -0.2) is 4.79 Å². The van der Waals surface area contributed by atoms with E-state index in [0.29, 0.717) is 18.4 Å². The molecule has 6 heteroatoms. The molecular formula is C24H30O6. The van der Waals surface area contributed by atoms with Crippen molar-refractivity contribution in [2.75, 3.05) is 13.7 Å². The van der Waals surface area contributed by atoms with Crippen molar-refractivity contribution in [3.8, 4) is 0 Å². The van der Waals surface area contributed by atoms with E-state index in [0.717, 1.165) is 30.6 Å². The Morgan fingerprint density at radius 2 is 2.10 bits per heavy atom. The van der Waals surface area contributed by atoms with Gasteiger partial charge in [0.25, 0.3) is 0 Å². The molecule has 1 aliphatic heterocycles. The lowest BCUT2D eigenvalue weighted by Gasteiger charge is -2.54.